The van der Waals surface area contributed by atoms with Crippen molar-refractivity contribution in [3.8, 4) is 0 Å². The molecule has 2 aliphatic heterocycles. The minimum atomic E-state index is -0.105. The van der Waals surface area contributed by atoms with Crippen LogP contribution in [-0.4, -0.2) is 31.6 Å². The first-order valence-corrected chi connectivity index (χ1v) is 8.43. The van der Waals surface area contributed by atoms with Gasteiger partial charge in [0.2, 0.25) is 5.91 Å². The van der Waals surface area contributed by atoms with Gasteiger partial charge in [-0.25, -0.2) is 0 Å². The SMILES string of the molecule is CC1CNCCC1NC(=O)C1CCCOC1c1ccccc1.Cl. The van der Waals surface area contributed by atoms with Gasteiger partial charge in [0, 0.05) is 12.6 Å². The topological polar surface area (TPSA) is 50.4 Å². The number of hydrogen-bond acceptors (Lipinski definition) is 3. The zero-order valence-electron chi connectivity index (χ0n) is 13.7. The van der Waals surface area contributed by atoms with Gasteiger partial charge in [-0.3, -0.25) is 4.79 Å². The molecule has 0 radical (unpaired) electrons. The van der Waals surface area contributed by atoms with Crippen LogP contribution in [0.25, 0.3) is 0 Å². The maximum atomic E-state index is 12.8. The van der Waals surface area contributed by atoms with Crippen LogP contribution < -0.4 is 10.6 Å². The highest BCUT2D eigenvalue weighted by molar-refractivity contribution is 5.85. The minimum absolute atomic E-state index is 0. The molecule has 4 atom stereocenters. The highest BCUT2D eigenvalue weighted by atomic mass is 35.5. The van der Waals surface area contributed by atoms with E-state index in [1.165, 1.54) is 0 Å². The lowest BCUT2D eigenvalue weighted by atomic mass is 9.87. The summed E-state index contributed by atoms with van der Waals surface area (Å²) in [6, 6.07) is 10.4. The van der Waals surface area contributed by atoms with Gasteiger partial charge in [-0.05, 0) is 43.8 Å². The molecular weight excluding hydrogens is 312 g/mol. The van der Waals surface area contributed by atoms with Gasteiger partial charge in [-0.15, -0.1) is 12.4 Å². The molecule has 0 aromatic heterocycles. The highest BCUT2D eigenvalue weighted by Crippen LogP contribution is 2.34. The quantitative estimate of drug-likeness (QED) is 0.891. The lowest BCUT2D eigenvalue weighted by Crippen LogP contribution is -2.51. The molecule has 2 saturated heterocycles. The van der Waals surface area contributed by atoms with Gasteiger partial charge in [0.05, 0.1) is 12.0 Å². The Balaban J connectivity index is 0.00000192. The number of amides is 1. The highest BCUT2D eigenvalue weighted by Gasteiger charge is 2.34. The van der Waals surface area contributed by atoms with Gasteiger partial charge >= 0.3 is 0 Å². The third kappa shape index (κ3) is 4.46. The summed E-state index contributed by atoms with van der Waals surface area (Å²) >= 11 is 0. The second-order valence-electron chi connectivity index (χ2n) is 6.54. The molecule has 128 valence electrons. The summed E-state index contributed by atoms with van der Waals surface area (Å²) < 4.78 is 5.94. The second-order valence-corrected chi connectivity index (χ2v) is 6.54. The number of rotatable bonds is 3. The summed E-state index contributed by atoms with van der Waals surface area (Å²) in [7, 11) is 0. The van der Waals surface area contributed by atoms with Gasteiger partial charge in [0.1, 0.15) is 0 Å². The first-order chi connectivity index (χ1) is 10.8. The van der Waals surface area contributed by atoms with Crippen molar-refractivity contribution in [2.24, 2.45) is 11.8 Å². The van der Waals surface area contributed by atoms with Crippen molar-refractivity contribution in [1.29, 1.82) is 0 Å². The van der Waals surface area contributed by atoms with Gasteiger partial charge in [0.15, 0.2) is 0 Å². The van der Waals surface area contributed by atoms with Crippen LogP contribution in [0.3, 0.4) is 0 Å². The number of hydrogen-bond donors (Lipinski definition) is 2. The van der Waals surface area contributed by atoms with E-state index in [0.29, 0.717) is 5.92 Å². The molecule has 4 unspecified atom stereocenters. The first-order valence-electron chi connectivity index (χ1n) is 8.43. The van der Waals surface area contributed by atoms with Gasteiger partial charge in [-0.1, -0.05) is 37.3 Å². The van der Waals surface area contributed by atoms with E-state index >= 15 is 0 Å². The summed E-state index contributed by atoms with van der Waals surface area (Å²) in [6.07, 6.45) is 2.77. The molecule has 2 fully saturated rings. The summed E-state index contributed by atoms with van der Waals surface area (Å²) in [6.45, 7) is 4.91. The van der Waals surface area contributed by atoms with Crippen molar-refractivity contribution in [2.45, 2.75) is 38.3 Å². The molecule has 1 amide bonds. The Morgan fingerprint density at radius 1 is 1.26 bits per heavy atom. The van der Waals surface area contributed by atoms with Gasteiger partial charge < -0.3 is 15.4 Å². The number of benzene rings is 1. The Labute approximate surface area is 144 Å². The molecule has 0 spiro atoms. The molecular formula is C18H27ClN2O2. The van der Waals surface area contributed by atoms with Crippen molar-refractivity contribution in [2.75, 3.05) is 19.7 Å². The minimum Gasteiger partial charge on any atom is -0.373 e. The third-order valence-electron chi connectivity index (χ3n) is 4.90. The van der Waals surface area contributed by atoms with E-state index in [1.807, 2.05) is 18.2 Å². The van der Waals surface area contributed by atoms with Crippen LogP contribution >= 0.6 is 12.4 Å². The number of piperidine rings is 1. The fourth-order valence-electron chi connectivity index (χ4n) is 3.54. The zero-order chi connectivity index (χ0) is 15.4. The van der Waals surface area contributed by atoms with Crippen LogP contribution in [0.2, 0.25) is 0 Å². The van der Waals surface area contributed by atoms with Crippen LogP contribution in [0.1, 0.15) is 37.9 Å². The fraction of sp³-hybridized carbons (Fsp3) is 0.611. The normalized spacial score (nSPS) is 31.0. The lowest BCUT2D eigenvalue weighted by Gasteiger charge is -2.35. The molecule has 0 aliphatic carbocycles. The van der Waals surface area contributed by atoms with E-state index in [1.54, 1.807) is 0 Å². The Bertz CT molecular complexity index is 497. The van der Waals surface area contributed by atoms with Gasteiger partial charge in [-0.2, -0.15) is 0 Å². The second kappa shape index (κ2) is 8.67. The van der Waals surface area contributed by atoms with Crippen LogP contribution in [-0.2, 0) is 9.53 Å². The molecule has 0 bridgehead atoms. The van der Waals surface area contributed by atoms with E-state index in [0.717, 1.165) is 44.5 Å². The van der Waals surface area contributed by atoms with E-state index in [-0.39, 0.29) is 36.4 Å². The number of nitrogens with one attached hydrogen (secondary N) is 2. The number of ether oxygens (including phenoxy) is 1. The predicted octanol–water partition coefficient (Wildman–Crippen LogP) is 2.69. The van der Waals surface area contributed by atoms with E-state index in [9.17, 15) is 4.79 Å². The first kappa shape index (κ1) is 18.2. The van der Waals surface area contributed by atoms with Crippen LogP contribution in [0.15, 0.2) is 30.3 Å². The largest absolute Gasteiger partial charge is 0.373 e. The smallest absolute Gasteiger partial charge is 0.226 e. The number of carbonyl (C=O) groups is 1. The summed E-state index contributed by atoms with van der Waals surface area (Å²) in [5.41, 5.74) is 1.11. The molecule has 4 nitrogen and oxygen atoms in total. The van der Waals surface area contributed by atoms with Crippen molar-refractivity contribution in [1.82, 2.24) is 10.6 Å². The molecule has 23 heavy (non-hydrogen) atoms. The molecule has 1 aromatic rings. The maximum absolute atomic E-state index is 12.8. The standard InChI is InChI=1S/C18H26N2O2.ClH/c1-13-12-19-10-9-16(13)20-18(21)15-8-5-11-22-17(15)14-6-3-2-4-7-14;/h2-4,6-7,13,15-17,19H,5,8-12H2,1H3,(H,20,21);1H. The van der Waals surface area contributed by atoms with Crippen LogP contribution in [0.5, 0.6) is 0 Å². The Morgan fingerprint density at radius 2 is 2.04 bits per heavy atom. The predicted molar refractivity (Wildman–Crippen MR) is 93.7 cm³/mol. The zero-order valence-corrected chi connectivity index (χ0v) is 14.5. The van der Waals surface area contributed by atoms with E-state index in [2.05, 4.69) is 29.7 Å². The molecule has 3 rings (SSSR count). The lowest BCUT2D eigenvalue weighted by molar-refractivity contribution is -0.136. The van der Waals surface area contributed by atoms with Crippen molar-refractivity contribution in [3.63, 3.8) is 0 Å². The summed E-state index contributed by atoms with van der Waals surface area (Å²) in [5, 5.41) is 6.66. The average molecular weight is 339 g/mol. The van der Waals surface area contributed by atoms with Gasteiger partial charge in [0.25, 0.3) is 0 Å². The van der Waals surface area contributed by atoms with Crippen molar-refractivity contribution < 1.29 is 9.53 Å². The van der Waals surface area contributed by atoms with E-state index < -0.39 is 0 Å². The average Bonchev–Trinajstić information content (AvgIpc) is 2.58. The van der Waals surface area contributed by atoms with Crippen molar-refractivity contribution in [3.05, 3.63) is 35.9 Å². The Kier molecular flexibility index (Phi) is 6.88. The van der Waals surface area contributed by atoms with Crippen LogP contribution in [0, 0.1) is 11.8 Å². The summed E-state index contributed by atoms with van der Waals surface area (Å²) in [4.78, 5) is 12.8. The monoisotopic (exact) mass is 338 g/mol. The Morgan fingerprint density at radius 3 is 2.78 bits per heavy atom. The molecule has 1 aromatic carbocycles. The Hall–Kier alpha value is -1.10. The third-order valence-corrected chi connectivity index (χ3v) is 4.90. The van der Waals surface area contributed by atoms with Crippen LogP contribution in [0.4, 0.5) is 0 Å². The van der Waals surface area contributed by atoms with E-state index in [4.69, 9.17) is 4.74 Å². The summed E-state index contributed by atoms with van der Waals surface area (Å²) in [5.74, 6) is 0.572. The molecule has 5 heteroatoms. The molecule has 2 N–H and O–H groups in total. The molecule has 0 saturated carbocycles. The number of halogens is 1. The maximum Gasteiger partial charge on any atom is 0.226 e. The molecule has 2 heterocycles. The fourth-order valence-corrected chi connectivity index (χ4v) is 3.54. The molecule has 2 aliphatic rings. The number of carbonyl (C=O) groups excluding carboxylic acids is 1. The van der Waals surface area contributed by atoms with Crippen molar-refractivity contribution >= 4 is 18.3 Å².